The molecule has 0 rings (SSSR count). The van der Waals surface area contributed by atoms with E-state index in [4.69, 9.17) is 0 Å². The minimum atomic E-state index is -1.01. The van der Waals surface area contributed by atoms with Crippen molar-refractivity contribution in [2.75, 3.05) is 6.54 Å². The monoisotopic (exact) mass is 263 g/mol. The fourth-order valence-electron chi connectivity index (χ4n) is 2.01. The Kier molecular flexibility index (Phi) is 18.1. The smallest absolute Gasteiger partial charge is 0.548 e. The molecule has 1 unspecified atom stereocenters. The molecular formula is C15H30LiNO2. The number of unbranched alkanes of at least 4 members (excludes halogenated alkanes) is 9. The first-order valence-electron chi connectivity index (χ1n) is 7.62. The normalized spacial score (nSPS) is 11.9. The van der Waals surface area contributed by atoms with E-state index < -0.39 is 12.0 Å². The Bertz CT molecular complexity index is 201. The Morgan fingerprint density at radius 1 is 0.947 bits per heavy atom. The molecule has 1 atom stereocenters. The summed E-state index contributed by atoms with van der Waals surface area (Å²) in [7, 11) is 0. The van der Waals surface area contributed by atoms with Gasteiger partial charge in [-0.25, -0.2) is 0 Å². The topological polar surface area (TPSA) is 52.2 Å². The molecule has 4 heteroatoms. The predicted molar refractivity (Wildman–Crippen MR) is 74.3 cm³/mol. The van der Waals surface area contributed by atoms with Crippen LogP contribution in [-0.4, -0.2) is 18.6 Å². The van der Waals surface area contributed by atoms with Crippen molar-refractivity contribution in [3.05, 3.63) is 0 Å². The van der Waals surface area contributed by atoms with Gasteiger partial charge in [-0.1, -0.05) is 64.7 Å². The number of nitrogens with one attached hydrogen (secondary N) is 1. The summed E-state index contributed by atoms with van der Waals surface area (Å²) >= 11 is 0. The van der Waals surface area contributed by atoms with Gasteiger partial charge >= 0.3 is 18.9 Å². The van der Waals surface area contributed by atoms with Gasteiger partial charge in [0.1, 0.15) is 0 Å². The van der Waals surface area contributed by atoms with Gasteiger partial charge in [-0.05, 0) is 19.9 Å². The molecule has 0 aromatic heterocycles. The summed E-state index contributed by atoms with van der Waals surface area (Å²) in [5.74, 6) is -1.01. The van der Waals surface area contributed by atoms with Crippen LogP contribution >= 0.6 is 0 Å². The molecule has 0 aromatic rings. The third kappa shape index (κ3) is 16.0. The molecule has 0 aliphatic heterocycles. The zero-order valence-electron chi connectivity index (χ0n) is 13.2. The van der Waals surface area contributed by atoms with Gasteiger partial charge in [0, 0.05) is 6.04 Å². The van der Waals surface area contributed by atoms with Gasteiger partial charge in [0.15, 0.2) is 0 Å². The third-order valence-corrected chi connectivity index (χ3v) is 3.33. The molecular weight excluding hydrogens is 233 g/mol. The summed E-state index contributed by atoms with van der Waals surface area (Å²) in [6, 6.07) is -0.524. The van der Waals surface area contributed by atoms with E-state index in [0.29, 0.717) is 0 Å². The van der Waals surface area contributed by atoms with Crippen LogP contribution in [0.25, 0.3) is 0 Å². The first-order valence-corrected chi connectivity index (χ1v) is 7.62. The Morgan fingerprint density at radius 3 is 1.79 bits per heavy atom. The van der Waals surface area contributed by atoms with Crippen molar-refractivity contribution in [1.29, 1.82) is 0 Å². The van der Waals surface area contributed by atoms with Gasteiger partial charge in [-0.2, -0.15) is 0 Å². The molecule has 0 spiro atoms. The fraction of sp³-hybridized carbons (Fsp3) is 0.933. The van der Waals surface area contributed by atoms with Crippen LogP contribution in [0.5, 0.6) is 0 Å². The largest absolute Gasteiger partial charge is 1.00 e. The first-order chi connectivity index (χ1) is 8.68. The van der Waals surface area contributed by atoms with E-state index in [9.17, 15) is 9.90 Å². The number of carboxylic acids is 1. The van der Waals surface area contributed by atoms with Gasteiger partial charge in [0.2, 0.25) is 0 Å². The van der Waals surface area contributed by atoms with Gasteiger partial charge in [-0.15, -0.1) is 0 Å². The first kappa shape index (κ1) is 21.3. The van der Waals surface area contributed by atoms with Crippen LogP contribution in [0.15, 0.2) is 0 Å². The van der Waals surface area contributed by atoms with Gasteiger partial charge in [0.25, 0.3) is 0 Å². The standard InChI is InChI=1S/C15H31NO2.Li/c1-3-4-5-6-7-8-9-10-11-12-13-16-14(2)15(17)18;/h14,16H,3-13H2,1-2H3,(H,17,18);/q;+1/p-1. The molecule has 0 bridgehead atoms. The summed E-state index contributed by atoms with van der Waals surface area (Å²) in [4.78, 5) is 10.4. The molecule has 0 aromatic carbocycles. The summed E-state index contributed by atoms with van der Waals surface area (Å²) < 4.78 is 0. The summed E-state index contributed by atoms with van der Waals surface area (Å²) in [6.07, 6.45) is 13.1. The van der Waals surface area contributed by atoms with Crippen LogP contribution in [0.2, 0.25) is 0 Å². The molecule has 3 nitrogen and oxygen atoms in total. The van der Waals surface area contributed by atoms with Gasteiger partial charge < -0.3 is 15.2 Å². The Balaban J connectivity index is 0. The predicted octanol–water partition coefficient (Wildman–Crippen LogP) is -0.361. The molecule has 0 saturated carbocycles. The minimum Gasteiger partial charge on any atom is -0.548 e. The maximum atomic E-state index is 10.4. The zero-order valence-corrected chi connectivity index (χ0v) is 13.2. The van der Waals surface area contributed by atoms with Crippen molar-refractivity contribution in [2.45, 2.75) is 84.1 Å². The van der Waals surface area contributed by atoms with Crippen LogP contribution in [-0.2, 0) is 4.79 Å². The zero-order chi connectivity index (χ0) is 13.6. The van der Waals surface area contributed by atoms with Crippen molar-refractivity contribution in [3.63, 3.8) is 0 Å². The van der Waals surface area contributed by atoms with E-state index in [1.54, 1.807) is 6.92 Å². The van der Waals surface area contributed by atoms with E-state index in [1.165, 1.54) is 57.8 Å². The van der Waals surface area contributed by atoms with Crippen molar-refractivity contribution in [1.82, 2.24) is 5.32 Å². The minimum absolute atomic E-state index is 0. The molecule has 0 fully saturated rings. The molecule has 0 aliphatic carbocycles. The van der Waals surface area contributed by atoms with Gasteiger partial charge in [-0.3, -0.25) is 0 Å². The van der Waals surface area contributed by atoms with Crippen LogP contribution < -0.4 is 29.3 Å². The van der Waals surface area contributed by atoms with E-state index in [1.807, 2.05) is 0 Å². The van der Waals surface area contributed by atoms with Crippen LogP contribution in [0.4, 0.5) is 0 Å². The second-order valence-corrected chi connectivity index (χ2v) is 5.18. The number of carboxylic acid groups (broad SMARTS) is 1. The summed E-state index contributed by atoms with van der Waals surface area (Å²) in [5.41, 5.74) is 0. The molecule has 0 radical (unpaired) electrons. The van der Waals surface area contributed by atoms with Crippen LogP contribution in [0.3, 0.4) is 0 Å². The Hall–Kier alpha value is 0.0274. The second kappa shape index (κ2) is 16.1. The van der Waals surface area contributed by atoms with Crippen molar-refractivity contribution >= 4 is 5.97 Å². The Morgan fingerprint density at radius 2 is 1.37 bits per heavy atom. The number of carbonyl (C=O) groups excluding carboxylic acids is 1. The van der Waals surface area contributed by atoms with Crippen LogP contribution in [0.1, 0.15) is 78.1 Å². The molecule has 108 valence electrons. The SMILES string of the molecule is CCCCCCCCCCCCNC(C)C(=O)[O-].[Li+]. The van der Waals surface area contributed by atoms with E-state index in [2.05, 4.69) is 12.2 Å². The maximum Gasteiger partial charge on any atom is 1.00 e. The maximum absolute atomic E-state index is 10.4. The summed E-state index contributed by atoms with van der Waals surface area (Å²) in [5, 5.41) is 13.4. The number of hydrogen-bond acceptors (Lipinski definition) is 3. The van der Waals surface area contributed by atoms with Crippen molar-refractivity contribution < 1.29 is 28.8 Å². The molecule has 0 saturated heterocycles. The number of carbonyl (C=O) groups is 1. The average Bonchev–Trinajstić information content (AvgIpc) is 2.35. The quantitative estimate of drug-likeness (QED) is 0.365. The second-order valence-electron chi connectivity index (χ2n) is 5.18. The van der Waals surface area contributed by atoms with Gasteiger partial charge in [0.05, 0.1) is 5.97 Å². The number of rotatable bonds is 13. The summed E-state index contributed by atoms with van der Waals surface area (Å²) in [6.45, 7) is 4.66. The van der Waals surface area contributed by atoms with E-state index in [0.717, 1.165) is 13.0 Å². The third-order valence-electron chi connectivity index (χ3n) is 3.33. The van der Waals surface area contributed by atoms with Crippen molar-refractivity contribution in [2.24, 2.45) is 0 Å². The average molecular weight is 263 g/mol. The van der Waals surface area contributed by atoms with E-state index in [-0.39, 0.29) is 18.9 Å². The molecule has 0 aliphatic rings. The number of hydrogen-bond donors (Lipinski definition) is 1. The fourth-order valence-corrected chi connectivity index (χ4v) is 2.01. The van der Waals surface area contributed by atoms with E-state index >= 15 is 0 Å². The number of aliphatic carboxylic acids is 1. The molecule has 19 heavy (non-hydrogen) atoms. The Labute approximate surface area is 131 Å². The molecule has 1 N–H and O–H groups in total. The van der Waals surface area contributed by atoms with Crippen LogP contribution in [0, 0.1) is 0 Å². The van der Waals surface area contributed by atoms with Crippen molar-refractivity contribution in [3.8, 4) is 0 Å². The molecule has 0 heterocycles. The molecule has 0 amide bonds.